The van der Waals surface area contributed by atoms with Gasteiger partial charge in [-0.25, -0.2) is 0 Å². The van der Waals surface area contributed by atoms with Gasteiger partial charge in [0, 0.05) is 0 Å². The Kier molecular flexibility index (Phi) is 3.12. The largest absolute Gasteiger partial charge is 0.416 e. The standard InChI is InChI=1S/C7H5F3O3S/c8-7(9,10)5-1-3-6(4-2-5)13-14(11)12/h1-4H,(H,11,12). The zero-order valence-corrected chi connectivity index (χ0v) is 7.43. The van der Waals surface area contributed by atoms with Gasteiger partial charge in [0.1, 0.15) is 5.75 Å². The average molecular weight is 226 g/mol. The zero-order chi connectivity index (χ0) is 10.8. The van der Waals surface area contributed by atoms with Crippen LogP contribution in [0.25, 0.3) is 0 Å². The Labute approximate surface area is 80.0 Å². The summed E-state index contributed by atoms with van der Waals surface area (Å²) in [6.45, 7) is 0. The van der Waals surface area contributed by atoms with Gasteiger partial charge in [0.05, 0.1) is 5.56 Å². The molecule has 1 atom stereocenters. The molecule has 1 N–H and O–H groups in total. The van der Waals surface area contributed by atoms with Crippen molar-refractivity contribution in [3.8, 4) is 5.75 Å². The summed E-state index contributed by atoms with van der Waals surface area (Å²) in [6, 6.07) is 3.47. The van der Waals surface area contributed by atoms with Crippen molar-refractivity contribution in [3.63, 3.8) is 0 Å². The number of hydrogen-bond donors (Lipinski definition) is 1. The minimum atomic E-state index is -4.42. The number of alkyl halides is 3. The van der Waals surface area contributed by atoms with Crippen LogP contribution in [0.15, 0.2) is 24.3 Å². The molecule has 0 saturated heterocycles. The van der Waals surface area contributed by atoms with Crippen molar-refractivity contribution in [3.05, 3.63) is 29.8 Å². The molecule has 0 aliphatic rings. The van der Waals surface area contributed by atoms with Gasteiger partial charge in [0.15, 0.2) is 0 Å². The van der Waals surface area contributed by atoms with Gasteiger partial charge in [-0.05, 0) is 24.3 Å². The van der Waals surface area contributed by atoms with E-state index in [1.54, 1.807) is 0 Å². The smallest absolute Gasteiger partial charge is 0.380 e. The fourth-order valence-electron chi connectivity index (χ4n) is 0.782. The molecule has 0 aliphatic carbocycles. The van der Waals surface area contributed by atoms with E-state index in [9.17, 15) is 17.4 Å². The maximum atomic E-state index is 12.0. The van der Waals surface area contributed by atoms with Crippen molar-refractivity contribution in [2.24, 2.45) is 0 Å². The Morgan fingerprint density at radius 1 is 1.21 bits per heavy atom. The van der Waals surface area contributed by atoms with Crippen LogP contribution in [0.5, 0.6) is 5.75 Å². The van der Waals surface area contributed by atoms with Crippen molar-refractivity contribution in [1.29, 1.82) is 0 Å². The van der Waals surface area contributed by atoms with Gasteiger partial charge in [0.2, 0.25) is 0 Å². The van der Waals surface area contributed by atoms with E-state index in [1.165, 1.54) is 0 Å². The van der Waals surface area contributed by atoms with Crippen LogP contribution < -0.4 is 4.18 Å². The quantitative estimate of drug-likeness (QED) is 0.786. The van der Waals surface area contributed by atoms with Gasteiger partial charge >= 0.3 is 17.5 Å². The van der Waals surface area contributed by atoms with Crippen molar-refractivity contribution in [2.45, 2.75) is 6.18 Å². The molecule has 1 rings (SSSR count). The fourth-order valence-corrected chi connectivity index (χ4v) is 1.06. The summed E-state index contributed by atoms with van der Waals surface area (Å²) in [5, 5.41) is 0. The van der Waals surface area contributed by atoms with Crippen LogP contribution in [0.1, 0.15) is 5.56 Å². The molecule has 3 nitrogen and oxygen atoms in total. The molecule has 0 aromatic heterocycles. The molecule has 0 radical (unpaired) electrons. The molecular weight excluding hydrogens is 221 g/mol. The molecule has 1 aromatic rings. The normalized spacial score (nSPS) is 13.7. The van der Waals surface area contributed by atoms with Crippen LogP contribution in [-0.4, -0.2) is 8.76 Å². The first-order valence-corrected chi connectivity index (χ1v) is 4.39. The van der Waals surface area contributed by atoms with Crippen molar-refractivity contribution >= 4 is 11.4 Å². The van der Waals surface area contributed by atoms with Gasteiger partial charge in [-0.1, -0.05) is 0 Å². The Bertz CT molecular complexity index is 333. The van der Waals surface area contributed by atoms with E-state index in [1.807, 2.05) is 0 Å². The van der Waals surface area contributed by atoms with Crippen molar-refractivity contribution in [1.82, 2.24) is 0 Å². The van der Waals surface area contributed by atoms with Gasteiger partial charge in [-0.3, -0.25) is 4.55 Å². The van der Waals surface area contributed by atoms with Gasteiger partial charge in [-0.15, -0.1) is 0 Å². The number of hydrogen-bond acceptors (Lipinski definition) is 2. The minimum absolute atomic E-state index is 0.0983. The summed E-state index contributed by atoms with van der Waals surface area (Å²) < 4.78 is 58.7. The molecule has 78 valence electrons. The molecule has 7 heteroatoms. The predicted molar refractivity (Wildman–Crippen MR) is 42.8 cm³/mol. The van der Waals surface area contributed by atoms with E-state index < -0.39 is 23.1 Å². The third-order valence-corrected chi connectivity index (χ3v) is 1.68. The Hall–Kier alpha value is -1.08. The van der Waals surface area contributed by atoms with Crippen molar-refractivity contribution in [2.75, 3.05) is 0 Å². The number of benzene rings is 1. The van der Waals surface area contributed by atoms with Gasteiger partial charge in [0.25, 0.3) is 0 Å². The third kappa shape index (κ3) is 3.00. The summed E-state index contributed by atoms with van der Waals surface area (Å²) in [6.07, 6.45) is -4.42. The maximum absolute atomic E-state index is 12.0. The lowest BCUT2D eigenvalue weighted by molar-refractivity contribution is -0.137. The first-order chi connectivity index (χ1) is 6.39. The second kappa shape index (κ2) is 3.97. The average Bonchev–Trinajstić information content (AvgIpc) is 2.02. The molecule has 0 saturated carbocycles. The first-order valence-electron chi connectivity index (χ1n) is 3.36. The summed E-state index contributed by atoms with van der Waals surface area (Å²) in [7, 11) is 0. The van der Waals surface area contributed by atoms with Crippen LogP contribution in [0.4, 0.5) is 13.2 Å². The molecule has 0 fully saturated rings. The molecule has 0 heterocycles. The van der Waals surface area contributed by atoms with Crippen molar-refractivity contribution < 1.29 is 26.1 Å². The fraction of sp³-hybridized carbons (Fsp3) is 0.143. The van der Waals surface area contributed by atoms with E-state index in [0.717, 1.165) is 24.3 Å². The van der Waals surface area contributed by atoms with E-state index >= 15 is 0 Å². The highest BCUT2D eigenvalue weighted by atomic mass is 32.2. The Balaban J connectivity index is 2.84. The molecular formula is C7H5F3O3S. The van der Waals surface area contributed by atoms with E-state index in [-0.39, 0.29) is 5.75 Å². The monoisotopic (exact) mass is 226 g/mol. The highest BCUT2D eigenvalue weighted by Crippen LogP contribution is 2.30. The maximum Gasteiger partial charge on any atom is 0.416 e. The number of halogens is 3. The van der Waals surface area contributed by atoms with Crippen LogP contribution in [0, 0.1) is 0 Å². The lowest BCUT2D eigenvalue weighted by atomic mass is 10.2. The van der Waals surface area contributed by atoms with Crippen LogP contribution in [0.2, 0.25) is 0 Å². The number of rotatable bonds is 2. The van der Waals surface area contributed by atoms with Crippen LogP contribution in [-0.2, 0) is 17.5 Å². The first kappa shape index (κ1) is 11.0. The van der Waals surface area contributed by atoms with Gasteiger partial charge in [-0.2, -0.15) is 17.4 Å². The molecule has 0 spiro atoms. The SMILES string of the molecule is O=S(O)Oc1ccc(C(F)(F)F)cc1. The van der Waals surface area contributed by atoms with Crippen LogP contribution >= 0.6 is 0 Å². The Morgan fingerprint density at radius 2 is 1.71 bits per heavy atom. The molecule has 0 bridgehead atoms. The second-order valence-corrected chi connectivity index (χ2v) is 2.92. The second-order valence-electron chi connectivity index (χ2n) is 2.32. The molecule has 0 amide bonds. The molecule has 0 aliphatic heterocycles. The van der Waals surface area contributed by atoms with Gasteiger partial charge < -0.3 is 4.18 Å². The van der Waals surface area contributed by atoms with Crippen LogP contribution in [0.3, 0.4) is 0 Å². The lowest BCUT2D eigenvalue weighted by Gasteiger charge is -2.06. The Morgan fingerprint density at radius 3 is 2.07 bits per heavy atom. The summed E-state index contributed by atoms with van der Waals surface area (Å²) >= 11 is -2.53. The zero-order valence-electron chi connectivity index (χ0n) is 6.62. The molecule has 1 unspecified atom stereocenters. The lowest BCUT2D eigenvalue weighted by Crippen LogP contribution is -2.04. The molecule has 1 aromatic carbocycles. The summed E-state index contributed by atoms with van der Waals surface area (Å²) in [5.74, 6) is -0.0983. The highest BCUT2D eigenvalue weighted by molar-refractivity contribution is 7.74. The van der Waals surface area contributed by atoms with E-state index in [4.69, 9.17) is 4.55 Å². The third-order valence-electron chi connectivity index (χ3n) is 1.35. The summed E-state index contributed by atoms with van der Waals surface area (Å²) in [4.78, 5) is 0. The molecule has 14 heavy (non-hydrogen) atoms. The predicted octanol–water partition coefficient (Wildman–Crippen LogP) is 2.22. The highest BCUT2D eigenvalue weighted by Gasteiger charge is 2.30. The minimum Gasteiger partial charge on any atom is -0.380 e. The topological polar surface area (TPSA) is 46.5 Å². The summed E-state index contributed by atoms with van der Waals surface area (Å²) in [5.41, 5.74) is -0.839. The van der Waals surface area contributed by atoms with E-state index in [0.29, 0.717) is 0 Å². The van der Waals surface area contributed by atoms with E-state index in [2.05, 4.69) is 4.18 Å².